The number of amides is 1. The van der Waals surface area contributed by atoms with Crippen LogP contribution in [-0.4, -0.2) is 140 Å². The second-order valence-electron chi connectivity index (χ2n) is 19.0. The first-order chi connectivity index (χ1) is 32.6. The van der Waals surface area contributed by atoms with Crippen LogP contribution in [0, 0.1) is 0 Å². The lowest BCUT2D eigenvalue weighted by atomic mass is 9.97. The first kappa shape index (κ1) is 61.3. The van der Waals surface area contributed by atoms with E-state index in [2.05, 4.69) is 55.6 Å². The summed E-state index contributed by atoms with van der Waals surface area (Å²) >= 11 is 0. The van der Waals surface area contributed by atoms with E-state index in [0.717, 1.165) is 64.2 Å². The average Bonchev–Trinajstić information content (AvgIpc) is 3.32. The molecule has 0 radical (unpaired) electrons. The first-order valence-corrected chi connectivity index (χ1v) is 26.7. The Labute approximate surface area is 404 Å². The van der Waals surface area contributed by atoms with Gasteiger partial charge in [-0.05, 0) is 44.9 Å². The summed E-state index contributed by atoms with van der Waals surface area (Å²) in [5, 5.41) is 87.0. The fourth-order valence-corrected chi connectivity index (χ4v) is 8.78. The predicted octanol–water partition coefficient (Wildman–Crippen LogP) is 7.49. The maximum absolute atomic E-state index is 13.2. The lowest BCUT2D eigenvalue weighted by molar-refractivity contribution is -0.359. The van der Waals surface area contributed by atoms with Crippen LogP contribution in [0.4, 0.5) is 0 Å². The molecule has 2 heterocycles. The average molecular weight is 956 g/mol. The summed E-state index contributed by atoms with van der Waals surface area (Å²) in [6.45, 7) is 2.72. The molecule has 0 aromatic rings. The van der Waals surface area contributed by atoms with E-state index in [4.69, 9.17) is 18.9 Å². The standard InChI is InChI=1S/C53H97NO13/c1-3-5-7-9-11-13-15-17-18-19-20-21-22-23-25-26-28-30-32-34-36-42(57)41(54-45(58)37-35-33-31-29-27-24-16-14-12-10-8-6-4-2)40-64-52-50(63)48(61)51(44(39-56)66-52)67-53-49(62)47(60)46(59)43(38-55)65-53/h6,8,12,14,24,27,41-44,46-53,55-57,59-63H,3-5,7,9-11,13,15-23,25-26,28-40H2,1-2H3,(H,54,58)/b8-6-,14-12-,27-24-. The number of nitrogens with one attached hydrogen (secondary N) is 1. The maximum Gasteiger partial charge on any atom is 0.220 e. The molecule has 0 aliphatic carbocycles. The van der Waals surface area contributed by atoms with Crippen LogP contribution >= 0.6 is 0 Å². The minimum atomic E-state index is -1.78. The van der Waals surface area contributed by atoms with E-state index in [-0.39, 0.29) is 18.9 Å². The van der Waals surface area contributed by atoms with Crippen molar-refractivity contribution >= 4 is 5.91 Å². The lowest BCUT2D eigenvalue weighted by Crippen LogP contribution is -2.65. The smallest absolute Gasteiger partial charge is 0.220 e. The van der Waals surface area contributed by atoms with E-state index in [1.54, 1.807) is 0 Å². The van der Waals surface area contributed by atoms with Gasteiger partial charge < -0.3 is 65.1 Å². The number of aliphatic hydroxyl groups is 8. The van der Waals surface area contributed by atoms with Crippen molar-refractivity contribution < 1.29 is 64.6 Å². The monoisotopic (exact) mass is 956 g/mol. The van der Waals surface area contributed by atoms with Crippen LogP contribution < -0.4 is 5.32 Å². The fraction of sp³-hybridized carbons (Fsp3) is 0.868. The summed E-state index contributed by atoms with van der Waals surface area (Å²) in [6.07, 6.45) is 28.7. The molecule has 1 amide bonds. The number of allylic oxidation sites excluding steroid dienone is 6. The van der Waals surface area contributed by atoms with Gasteiger partial charge in [-0.2, -0.15) is 0 Å². The Balaban J connectivity index is 1.80. The zero-order valence-electron chi connectivity index (χ0n) is 41.6. The molecule has 67 heavy (non-hydrogen) atoms. The zero-order chi connectivity index (χ0) is 48.9. The molecule has 2 saturated heterocycles. The van der Waals surface area contributed by atoms with Crippen molar-refractivity contribution in [2.75, 3.05) is 19.8 Å². The molecule has 0 bridgehead atoms. The highest BCUT2D eigenvalue weighted by Crippen LogP contribution is 2.30. The molecule has 0 spiro atoms. The molecule has 0 saturated carbocycles. The van der Waals surface area contributed by atoms with Crippen LogP contribution in [0.3, 0.4) is 0 Å². The van der Waals surface area contributed by atoms with E-state index in [9.17, 15) is 45.6 Å². The van der Waals surface area contributed by atoms with Crippen LogP contribution in [0.2, 0.25) is 0 Å². The normalized spacial score (nSPS) is 26.8. The van der Waals surface area contributed by atoms with Crippen molar-refractivity contribution in [2.24, 2.45) is 0 Å². The minimum absolute atomic E-state index is 0.236. The number of aliphatic hydroxyl groups excluding tert-OH is 8. The topological polar surface area (TPSA) is 228 Å². The molecule has 2 fully saturated rings. The maximum atomic E-state index is 13.2. The van der Waals surface area contributed by atoms with Gasteiger partial charge in [-0.15, -0.1) is 0 Å². The Bertz CT molecular complexity index is 1270. The zero-order valence-corrected chi connectivity index (χ0v) is 41.6. The number of hydrogen-bond acceptors (Lipinski definition) is 13. The summed E-state index contributed by atoms with van der Waals surface area (Å²) in [5.74, 6) is -0.236. The van der Waals surface area contributed by atoms with Gasteiger partial charge in [0.25, 0.3) is 0 Å². The van der Waals surface area contributed by atoms with Gasteiger partial charge >= 0.3 is 0 Å². The Hall–Kier alpha value is -1.79. The highest BCUT2D eigenvalue weighted by Gasteiger charge is 2.51. The van der Waals surface area contributed by atoms with Crippen molar-refractivity contribution in [2.45, 2.75) is 274 Å². The predicted molar refractivity (Wildman–Crippen MR) is 263 cm³/mol. The summed E-state index contributed by atoms with van der Waals surface area (Å²) in [7, 11) is 0. The van der Waals surface area contributed by atoms with Crippen LogP contribution in [-0.2, 0) is 23.7 Å². The Morgan fingerprint density at radius 1 is 0.552 bits per heavy atom. The van der Waals surface area contributed by atoms with E-state index in [1.807, 2.05) is 0 Å². The van der Waals surface area contributed by atoms with Crippen molar-refractivity contribution in [1.29, 1.82) is 0 Å². The molecule has 2 rings (SSSR count). The molecule has 12 unspecified atom stereocenters. The van der Waals surface area contributed by atoms with Crippen LogP contribution in [0.5, 0.6) is 0 Å². The van der Waals surface area contributed by atoms with Crippen LogP contribution in [0.25, 0.3) is 0 Å². The molecular weight excluding hydrogens is 859 g/mol. The third-order valence-corrected chi connectivity index (χ3v) is 13.1. The number of rotatable bonds is 41. The van der Waals surface area contributed by atoms with Gasteiger partial charge in [0.15, 0.2) is 12.6 Å². The van der Waals surface area contributed by atoms with Gasteiger partial charge in [-0.3, -0.25) is 4.79 Å². The van der Waals surface area contributed by atoms with E-state index in [0.29, 0.717) is 12.8 Å². The summed E-state index contributed by atoms with van der Waals surface area (Å²) in [5.41, 5.74) is 0. The van der Waals surface area contributed by atoms with Gasteiger partial charge in [0, 0.05) is 6.42 Å². The highest BCUT2D eigenvalue weighted by molar-refractivity contribution is 5.76. The van der Waals surface area contributed by atoms with Gasteiger partial charge in [0.05, 0.1) is 32.0 Å². The molecule has 14 heteroatoms. The first-order valence-electron chi connectivity index (χ1n) is 26.7. The largest absolute Gasteiger partial charge is 0.394 e. The van der Waals surface area contributed by atoms with Crippen molar-refractivity contribution in [1.82, 2.24) is 5.32 Å². The van der Waals surface area contributed by atoms with Crippen molar-refractivity contribution in [3.8, 4) is 0 Å². The Kier molecular flexibility index (Phi) is 36.5. The summed E-state index contributed by atoms with van der Waals surface area (Å²) < 4.78 is 22.7. The molecule has 12 atom stereocenters. The molecule has 0 aromatic heterocycles. The lowest BCUT2D eigenvalue weighted by Gasteiger charge is -2.46. The molecule has 14 nitrogen and oxygen atoms in total. The number of carbonyl (C=O) groups is 1. The quantitative estimate of drug-likeness (QED) is 0.0214. The molecule has 2 aliphatic heterocycles. The van der Waals surface area contributed by atoms with Crippen LogP contribution in [0.15, 0.2) is 36.5 Å². The number of hydrogen-bond donors (Lipinski definition) is 9. The molecule has 392 valence electrons. The van der Waals surface area contributed by atoms with Gasteiger partial charge in [-0.25, -0.2) is 0 Å². The van der Waals surface area contributed by atoms with E-state index in [1.165, 1.54) is 103 Å². The second kappa shape index (κ2) is 39.9. The SMILES string of the molecule is CC/C=C\C/C=C\C/C=C\CCCCCC(=O)NC(COC1OC(CO)C(OC2OC(CO)C(O)C(O)C2O)C(O)C1O)C(O)CCCCCCCCCCCCCCCCCCCCCC. The summed E-state index contributed by atoms with van der Waals surface area (Å²) in [4.78, 5) is 13.2. The van der Waals surface area contributed by atoms with Gasteiger partial charge in [0.1, 0.15) is 48.8 Å². The summed E-state index contributed by atoms with van der Waals surface area (Å²) in [6, 6.07) is -0.843. The molecule has 2 aliphatic rings. The Morgan fingerprint density at radius 3 is 1.57 bits per heavy atom. The molecule has 9 N–H and O–H groups in total. The fourth-order valence-electron chi connectivity index (χ4n) is 8.78. The van der Waals surface area contributed by atoms with Gasteiger partial charge in [0.2, 0.25) is 5.91 Å². The molecular formula is C53H97NO13. The van der Waals surface area contributed by atoms with Crippen LogP contribution in [0.1, 0.15) is 200 Å². The minimum Gasteiger partial charge on any atom is -0.394 e. The van der Waals surface area contributed by atoms with E-state index >= 15 is 0 Å². The number of ether oxygens (including phenoxy) is 4. The van der Waals surface area contributed by atoms with Crippen molar-refractivity contribution in [3.63, 3.8) is 0 Å². The molecule has 0 aromatic carbocycles. The Morgan fingerprint density at radius 2 is 1.03 bits per heavy atom. The van der Waals surface area contributed by atoms with Gasteiger partial charge in [-0.1, -0.05) is 185 Å². The van der Waals surface area contributed by atoms with E-state index < -0.39 is 86.8 Å². The third-order valence-electron chi connectivity index (χ3n) is 13.1. The highest BCUT2D eigenvalue weighted by atomic mass is 16.7. The number of unbranched alkanes of at least 4 members (excludes halogenated alkanes) is 22. The second-order valence-corrected chi connectivity index (χ2v) is 19.0. The number of carbonyl (C=O) groups excluding carboxylic acids is 1. The third kappa shape index (κ3) is 26.8. The van der Waals surface area contributed by atoms with Crippen molar-refractivity contribution in [3.05, 3.63) is 36.5 Å².